The Bertz CT molecular complexity index is 306. The van der Waals surface area contributed by atoms with Gasteiger partial charge in [-0.15, -0.1) is 0 Å². The molecule has 0 spiro atoms. The SMILES string of the molecule is CC.CC1(C)C=Cc2ccccc21. The Balaban J connectivity index is 0.000000396. The van der Waals surface area contributed by atoms with Crippen LogP contribution >= 0.6 is 0 Å². The van der Waals surface area contributed by atoms with E-state index in [0.29, 0.717) is 0 Å². The van der Waals surface area contributed by atoms with Gasteiger partial charge in [0.05, 0.1) is 0 Å². The van der Waals surface area contributed by atoms with Crippen LogP contribution in [0.4, 0.5) is 0 Å². The van der Waals surface area contributed by atoms with Crippen LogP contribution in [-0.4, -0.2) is 0 Å². The van der Waals surface area contributed by atoms with Gasteiger partial charge >= 0.3 is 0 Å². The van der Waals surface area contributed by atoms with Crippen molar-refractivity contribution < 1.29 is 0 Å². The number of hydrogen-bond acceptors (Lipinski definition) is 0. The zero-order valence-corrected chi connectivity index (χ0v) is 8.96. The summed E-state index contributed by atoms with van der Waals surface area (Å²) in [5.74, 6) is 0. The maximum Gasteiger partial charge on any atom is 0.00845 e. The zero-order chi connectivity index (χ0) is 9.90. The molecule has 13 heavy (non-hydrogen) atoms. The molecule has 0 N–H and O–H groups in total. The van der Waals surface area contributed by atoms with Crippen LogP contribution in [0, 0.1) is 0 Å². The molecule has 70 valence electrons. The van der Waals surface area contributed by atoms with Gasteiger partial charge in [0.15, 0.2) is 0 Å². The summed E-state index contributed by atoms with van der Waals surface area (Å²) in [4.78, 5) is 0. The van der Waals surface area contributed by atoms with Crippen molar-refractivity contribution in [3.05, 3.63) is 41.5 Å². The highest BCUT2D eigenvalue weighted by Crippen LogP contribution is 2.34. The highest BCUT2D eigenvalue weighted by molar-refractivity contribution is 5.64. The number of benzene rings is 1. The molecular formula is C13H18. The summed E-state index contributed by atoms with van der Waals surface area (Å²) >= 11 is 0. The van der Waals surface area contributed by atoms with Gasteiger partial charge in [-0.2, -0.15) is 0 Å². The van der Waals surface area contributed by atoms with Crippen LogP contribution in [0.1, 0.15) is 38.8 Å². The fourth-order valence-electron chi connectivity index (χ4n) is 1.62. The van der Waals surface area contributed by atoms with Crippen LogP contribution in [0.2, 0.25) is 0 Å². The molecule has 1 aliphatic carbocycles. The summed E-state index contributed by atoms with van der Waals surface area (Å²) in [6.45, 7) is 8.49. The van der Waals surface area contributed by atoms with Crippen molar-refractivity contribution in [3.63, 3.8) is 0 Å². The molecule has 0 saturated heterocycles. The highest BCUT2D eigenvalue weighted by atomic mass is 14.3. The van der Waals surface area contributed by atoms with Gasteiger partial charge in [-0.05, 0) is 11.1 Å². The van der Waals surface area contributed by atoms with Crippen molar-refractivity contribution >= 4 is 6.08 Å². The minimum Gasteiger partial charge on any atom is -0.0739 e. The van der Waals surface area contributed by atoms with Crippen LogP contribution in [0.5, 0.6) is 0 Å². The van der Waals surface area contributed by atoms with Gasteiger partial charge in [0.1, 0.15) is 0 Å². The first-order chi connectivity index (χ1) is 6.20. The molecule has 0 fully saturated rings. The van der Waals surface area contributed by atoms with Crippen LogP contribution < -0.4 is 0 Å². The molecule has 0 aliphatic heterocycles. The normalized spacial score (nSPS) is 16.0. The second kappa shape index (κ2) is 3.78. The molecule has 0 nitrogen and oxygen atoms in total. The maximum atomic E-state index is 2.26. The first-order valence-electron chi connectivity index (χ1n) is 4.99. The third kappa shape index (κ3) is 1.82. The van der Waals surface area contributed by atoms with Gasteiger partial charge in [-0.1, -0.05) is 64.1 Å². The van der Waals surface area contributed by atoms with E-state index in [9.17, 15) is 0 Å². The Kier molecular flexibility index (Phi) is 2.92. The lowest BCUT2D eigenvalue weighted by atomic mass is 9.87. The number of allylic oxidation sites excluding steroid dienone is 1. The molecule has 0 heterocycles. The summed E-state index contributed by atoms with van der Waals surface area (Å²) in [6, 6.07) is 8.56. The van der Waals surface area contributed by atoms with Crippen molar-refractivity contribution in [2.45, 2.75) is 33.1 Å². The van der Waals surface area contributed by atoms with Gasteiger partial charge in [0, 0.05) is 5.41 Å². The molecular weight excluding hydrogens is 156 g/mol. The average molecular weight is 174 g/mol. The summed E-state index contributed by atoms with van der Waals surface area (Å²) in [5, 5.41) is 0. The number of hydrogen-bond donors (Lipinski definition) is 0. The van der Waals surface area contributed by atoms with Crippen molar-refractivity contribution in [1.82, 2.24) is 0 Å². The Morgan fingerprint density at radius 3 is 2.23 bits per heavy atom. The molecule has 2 rings (SSSR count). The minimum absolute atomic E-state index is 0.247. The Morgan fingerprint density at radius 1 is 1.00 bits per heavy atom. The monoisotopic (exact) mass is 174 g/mol. The molecule has 1 aromatic rings. The summed E-state index contributed by atoms with van der Waals surface area (Å²) < 4.78 is 0. The highest BCUT2D eigenvalue weighted by Gasteiger charge is 2.23. The minimum atomic E-state index is 0.247. The molecule has 0 bridgehead atoms. The Labute approximate surface area is 81.3 Å². The molecule has 1 aromatic carbocycles. The van der Waals surface area contributed by atoms with Crippen molar-refractivity contribution in [3.8, 4) is 0 Å². The van der Waals surface area contributed by atoms with Crippen LogP contribution in [-0.2, 0) is 5.41 Å². The summed E-state index contributed by atoms with van der Waals surface area (Å²) in [7, 11) is 0. The smallest absolute Gasteiger partial charge is 0.00845 e. The van der Waals surface area contributed by atoms with Gasteiger partial charge in [0.2, 0.25) is 0 Å². The first kappa shape index (κ1) is 10.0. The summed E-state index contributed by atoms with van der Waals surface area (Å²) in [6.07, 6.45) is 4.47. The van der Waals surface area contributed by atoms with E-state index in [1.807, 2.05) is 13.8 Å². The second-order valence-corrected chi connectivity index (χ2v) is 3.64. The van der Waals surface area contributed by atoms with E-state index >= 15 is 0 Å². The molecule has 0 saturated carbocycles. The van der Waals surface area contributed by atoms with Crippen molar-refractivity contribution in [2.75, 3.05) is 0 Å². The van der Waals surface area contributed by atoms with E-state index in [0.717, 1.165) is 0 Å². The third-order valence-electron chi connectivity index (χ3n) is 2.33. The lowest BCUT2D eigenvalue weighted by molar-refractivity contribution is 0.683. The first-order valence-corrected chi connectivity index (χ1v) is 4.99. The van der Waals surface area contributed by atoms with Gasteiger partial charge in [-0.25, -0.2) is 0 Å². The zero-order valence-electron chi connectivity index (χ0n) is 8.96. The maximum absolute atomic E-state index is 2.26. The Morgan fingerprint density at radius 2 is 1.62 bits per heavy atom. The molecule has 0 amide bonds. The van der Waals surface area contributed by atoms with Crippen LogP contribution in [0.15, 0.2) is 30.3 Å². The predicted molar refractivity (Wildman–Crippen MR) is 59.9 cm³/mol. The van der Waals surface area contributed by atoms with E-state index in [-0.39, 0.29) is 5.41 Å². The third-order valence-corrected chi connectivity index (χ3v) is 2.33. The van der Waals surface area contributed by atoms with Crippen molar-refractivity contribution in [2.24, 2.45) is 0 Å². The molecule has 0 atom stereocenters. The van der Waals surface area contributed by atoms with Gasteiger partial charge in [-0.3, -0.25) is 0 Å². The van der Waals surface area contributed by atoms with Gasteiger partial charge < -0.3 is 0 Å². The largest absolute Gasteiger partial charge is 0.0739 e. The number of fused-ring (bicyclic) bond motifs is 1. The molecule has 0 radical (unpaired) electrons. The molecule has 0 heteroatoms. The summed E-state index contributed by atoms with van der Waals surface area (Å²) in [5.41, 5.74) is 3.06. The molecule has 1 aliphatic rings. The second-order valence-electron chi connectivity index (χ2n) is 3.64. The molecule has 0 aromatic heterocycles. The van der Waals surface area contributed by atoms with Gasteiger partial charge in [0.25, 0.3) is 0 Å². The molecule has 0 unspecified atom stereocenters. The predicted octanol–water partition coefficient (Wildman–Crippen LogP) is 4.02. The lowest BCUT2D eigenvalue weighted by Crippen LogP contribution is -2.10. The standard InChI is InChI=1S/C11H12.C2H6/c1-11(2)8-7-9-5-3-4-6-10(9)11;1-2/h3-8H,1-2H3;1-2H3. The van der Waals surface area contributed by atoms with E-state index < -0.39 is 0 Å². The fraction of sp³-hybridized carbons (Fsp3) is 0.385. The van der Waals surface area contributed by atoms with Crippen LogP contribution in [0.25, 0.3) is 6.08 Å². The van der Waals surface area contributed by atoms with E-state index in [2.05, 4.69) is 50.3 Å². The lowest BCUT2D eigenvalue weighted by Gasteiger charge is -2.16. The quantitative estimate of drug-likeness (QED) is 0.557. The fourth-order valence-corrected chi connectivity index (χ4v) is 1.62. The number of rotatable bonds is 0. The average Bonchev–Trinajstić information content (AvgIpc) is 2.47. The van der Waals surface area contributed by atoms with E-state index in [1.165, 1.54) is 11.1 Å². The van der Waals surface area contributed by atoms with Crippen molar-refractivity contribution in [1.29, 1.82) is 0 Å². The van der Waals surface area contributed by atoms with E-state index in [4.69, 9.17) is 0 Å². The topological polar surface area (TPSA) is 0 Å². The Hall–Kier alpha value is -1.04. The van der Waals surface area contributed by atoms with Crippen LogP contribution in [0.3, 0.4) is 0 Å². The van der Waals surface area contributed by atoms with E-state index in [1.54, 1.807) is 0 Å².